The number of hydrogen-bond acceptors (Lipinski definition) is 4. The van der Waals surface area contributed by atoms with Crippen LogP contribution in [0.5, 0.6) is 0 Å². The molecule has 2 aromatic rings. The van der Waals surface area contributed by atoms with Gasteiger partial charge in [0.05, 0.1) is 0 Å². The lowest BCUT2D eigenvalue weighted by atomic mass is 10.2. The summed E-state index contributed by atoms with van der Waals surface area (Å²) in [4.78, 5) is 6.01. The van der Waals surface area contributed by atoms with E-state index in [-0.39, 0.29) is 5.03 Å². The van der Waals surface area contributed by atoms with E-state index in [0.29, 0.717) is 13.1 Å². The predicted octanol–water partition coefficient (Wildman–Crippen LogP) is 2.19. The number of nitrogens with zero attached hydrogens (tertiary/aromatic N) is 2. The third-order valence-corrected chi connectivity index (χ3v) is 4.71. The summed E-state index contributed by atoms with van der Waals surface area (Å²) in [7, 11) is -3.54. The van der Waals surface area contributed by atoms with Crippen LogP contribution in [-0.4, -0.2) is 33.0 Å². The highest BCUT2D eigenvalue weighted by Crippen LogP contribution is 2.15. The van der Waals surface area contributed by atoms with Crippen LogP contribution >= 0.6 is 0 Å². The Morgan fingerprint density at radius 3 is 2.64 bits per heavy atom. The molecule has 0 atom stereocenters. The third-order valence-electron chi connectivity index (χ3n) is 3.34. The van der Waals surface area contributed by atoms with Crippen LogP contribution < -0.4 is 9.62 Å². The molecular formula is C16H21N3O2S. The summed E-state index contributed by atoms with van der Waals surface area (Å²) in [5.41, 5.74) is 2.28. The zero-order chi connectivity index (χ0) is 16.0. The Balaban J connectivity index is 1.97. The van der Waals surface area contributed by atoms with Crippen molar-refractivity contribution < 1.29 is 8.42 Å². The average molecular weight is 319 g/mol. The van der Waals surface area contributed by atoms with Gasteiger partial charge in [0.25, 0.3) is 10.0 Å². The minimum absolute atomic E-state index is 0.0496. The van der Waals surface area contributed by atoms with Crippen LogP contribution in [0.25, 0.3) is 0 Å². The fraction of sp³-hybridized carbons (Fsp3) is 0.312. The molecule has 1 aromatic carbocycles. The first-order valence-corrected chi connectivity index (χ1v) is 8.73. The number of aryl methyl sites for hydroxylation is 1. The molecule has 0 spiro atoms. The molecule has 0 aliphatic heterocycles. The van der Waals surface area contributed by atoms with E-state index in [1.807, 2.05) is 25.1 Å². The molecular weight excluding hydrogens is 298 g/mol. The van der Waals surface area contributed by atoms with Gasteiger partial charge in [-0.15, -0.1) is 0 Å². The van der Waals surface area contributed by atoms with Crippen LogP contribution in [0.1, 0.15) is 12.5 Å². The van der Waals surface area contributed by atoms with E-state index in [1.54, 1.807) is 12.1 Å². The predicted molar refractivity (Wildman–Crippen MR) is 88.5 cm³/mol. The van der Waals surface area contributed by atoms with Crippen LogP contribution in [0, 0.1) is 6.92 Å². The molecule has 1 N–H and O–H groups in total. The standard InChI is InChI=1S/C16H21N3O2S/c1-3-19(15-8-6-7-14(2)13-15)12-11-18-22(20,21)16-9-4-5-10-17-16/h4-10,13,18H,3,11-12H2,1-2H3. The van der Waals surface area contributed by atoms with Gasteiger partial charge in [-0.1, -0.05) is 18.2 Å². The molecule has 22 heavy (non-hydrogen) atoms. The highest BCUT2D eigenvalue weighted by Gasteiger charge is 2.14. The number of anilines is 1. The van der Waals surface area contributed by atoms with Crippen molar-refractivity contribution >= 4 is 15.7 Å². The van der Waals surface area contributed by atoms with Gasteiger partial charge in [-0.25, -0.2) is 18.1 Å². The van der Waals surface area contributed by atoms with Crippen LogP contribution in [0.2, 0.25) is 0 Å². The Bertz CT molecular complexity index is 702. The first-order chi connectivity index (χ1) is 10.5. The lowest BCUT2D eigenvalue weighted by molar-refractivity contribution is 0.577. The van der Waals surface area contributed by atoms with Gasteiger partial charge >= 0.3 is 0 Å². The van der Waals surface area contributed by atoms with E-state index in [0.717, 1.165) is 12.2 Å². The monoisotopic (exact) mass is 319 g/mol. The molecule has 0 unspecified atom stereocenters. The van der Waals surface area contributed by atoms with Crippen molar-refractivity contribution in [3.8, 4) is 0 Å². The third kappa shape index (κ3) is 4.29. The number of rotatable bonds is 7. The van der Waals surface area contributed by atoms with Crippen LogP contribution in [0.15, 0.2) is 53.7 Å². The van der Waals surface area contributed by atoms with Crippen molar-refractivity contribution in [1.82, 2.24) is 9.71 Å². The molecule has 0 saturated heterocycles. The Hall–Kier alpha value is -1.92. The molecule has 5 nitrogen and oxygen atoms in total. The Morgan fingerprint density at radius 2 is 2.00 bits per heavy atom. The maximum atomic E-state index is 12.1. The van der Waals surface area contributed by atoms with Crippen molar-refractivity contribution in [2.24, 2.45) is 0 Å². The maximum absolute atomic E-state index is 12.1. The molecule has 0 aliphatic rings. The highest BCUT2D eigenvalue weighted by molar-refractivity contribution is 7.89. The molecule has 0 fully saturated rings. The summed E-state index contributed by atoms with van der Waals surface area (Å²) in [6.07, 6.45) is 1.47. The molecule has 0 amide bonds. The summed E-state index contributed by atoms with van der Waals surface area (Å²) >= 11 is 0. The lowest BCUT2D eigenvalue weighted by Gasteiger charge is -2.23. The van der Waals surface area contributed by atoms with Gasteiger partial charge in [-0.3, -0.25) is 0 Å². The van der Waals surface area contributed by atoms with E-state index in [9.17, 15) is 8.42 Å². The minimum Gasteiger partial charge on any atom is -0.370 e. The van der Waals surface area contributed by atoms with Crippen LogP contribution in [-0.2, 0) is 10.0 Å². The molecule has 0 radical (unpaired) electrons. The summed E-state index contributed by atoms with van der Waals surface area (Å²) < 4.78 is 26.8. The second-order valence-corrected chi connectivity index (χ2v) is 6.70. The number of pyridine rings is 1. The first-order valence-electron chi connectivity index (χ1n) is 7.25. The molecule has 118 valence electrons. The Kier molecular flexibility index (Phi) is 5.51. The minimum atomic E-state index is -3.54. The molecule has 1 heterocycles. The molecule has 2 rings (SSSR count). The van der Waals surface area contributed by atoms with Crippen molar-refractivity contribution in [2.75, 3.05) is 24.5 Å². The number of sulfonamides is 1. The zero-order valence-corrected chi connectivity index (χ0v) is 13.7. The van der Waals surface area contributed by atoms with Gasteiger partial charge in [-0.2, -0.15) is 0 Å². The number of benzene rings is 1. The highest BCUT2D eigenvalue weighted by atomic mass is 32.2. The fourth-order valence-electron chi connectivity index (χ4n) is 2.19. The SMILES string of the molecule is CCN(CCNS(=O)(=O)c1ccccn1)c1cccc(C)c1. The number of likely N-dealkylation sites (N-methyl/N-ethyl adjacent to an activating group) is 1. The summed E-state index contributed by atoms with van der Waals surface area (Å²) in [5, 5.41) is 0.0496. The second kappa shape index (κ2) is 7.38. The summed E-state index contributed by atoms with van der Waals surface area (Å²) in [6.45, 7) is 5.85. The molecule has 0 aliphatic carbocycles. The normalized spacial score (nSPS) is 11.4. The van der Waals surface area contributed by atoms with Crippen LogP contribution in [0.4, 0.5) is 5.69 Å². The Morgan fingerprint density at radius 1 is 1.18 bits per heavy atom. The smallest absolute Gasteiger partial charge is 0.258 e. The fourth-order valence-corrected chi connectivity index (χ4v) is 3.15. The van der Waals surface area contributed by atoms with E-state index >= 15 is 0 Å². The van der Waals surface area contributed by atoms with E-state index in [1.165, 1.54) is 17.8 Å². The van der Waals surface area contributed by atoms with Crippen molar-refractivity contribution in [1.29, 1.82) is 0 Å². The molecule has 1 aromatic heterocycles. The van der Waals surface area contributed by atoms with Gasteiger partial charge < -0.3 is 4.90 Å². The van der Waals surface area contributed by atoms with Crippen molar-refractivity contribution in [3.05, 3.63) is 54.2 Å². The van der Waals surface area contributed by atoms with E-state index in [4.69, 9.17) is 0 Å². The topological polar surface area (TPSA) is 62.3 Å². The van der Waals surface area contributed by atoms with Crippen LogP contribution in [0.3, 0.4) is 0 Å². The summed E-state index contributed by atoms with van der Waals surface area (Å²) in [6, 6.07) is 13.0. The largest absolute Gasteiger partial charge is 0.370 e. The van der Waals surface area contributed by atoms with Gasteiger partial charge in [-0.05, 0) is 43.7 Å². The first kappa shape index (κ1) is 16.5. The quantitative estimate of drug-likeness (QED) is 0.850. The van der Waals surface area contributed by atoms with E-state index in [2.05, 4.69) is 27.6 Å². The molecule has 0 bridgehead atoms. The number of hydrogen-bond donors (Lipinski definition) is 1. The lowest BCUT2D eigenvalue weighted by Crippen LogP contribution is -2.35. The van der Waals surface area contributed by atoms with Gasteiger partial charge in [0, 0.05) is 31.5 Å². The number of aromatic nitrogens is 1. The van der Waals surface area contributed by atoms with Gasteiger partial charge in [0.15, 0.2) is 5.03 Å². The van der Waals surface area contributed by atoms with E-state index < -0.39 is 10.0 Å². The van der Waals surface area contributed by atoms with Crippen molar-refractivity contribution in [2.45, 2.75) is 18.9 Å². The maximum Gasteiger partial charge on any atom is 0.258 e. The molecule has 0 saturated carbocycles. The second-order valence-electron chi connectivity index (χ2n) is 4.98. The summed E-state index contributed by atoms with van der Waals surface area (Å²) in [5.74, 6) is 0. The van der Waals surface area contributed by atoms with Gasteiger partial charge in [0.2, 0.25) is 0 Å². The van der Waals surface area contributed by atoms with Gasteiger partial charge in [0.1, 0.15) is 0 Å². The average Bonchev–Trinajstić information content (AvgIpc) is 2.52. The van der Waals surface area contributed by atoms with Crippen molar-refractivity contribution in [3.63, 3.8) is 0 Å². The Labute approximate surface area is 132 Å². The zero-order valence-electron chi connectivity index (χ0n) is 12.9. The number of nitrogens with one attached hydrogen (secondary N) is 1. The molecule has 6 heteroatoms.